The van der Waals surface area contributed by atoms with Crippen molar-refractivity contribution in [3.8, 4) is 11.5 Å². The minimum atomic E-state index is -0.515. The third kappa shape index (κ3) is 3.51. The van der Waals surface area contributed by atoms with Gasteiger partial charge in [0.25, 0.3) is 0 Å². The number of benzene rings is 1. The molecule has 1 aliphatic heterocycles. The fourth-order valence-electron chi connectivity index (χ4n) is 3.99. The summed E-state index contributed by atoms with van der Waals surface area (Å²) in [6.45, 7) is 4.03. The van der Waals surface area contributed by atoms with Crippen molar-refractivity contribution >= 4 is 11.8 Å². The number of esters is 1. The summed E-state index contributed by atoms with van der Waals surface area (Å²) in [5, 5.41) is 3.36. The van der Waals surface area contributed by atoms with Gasteiger partial charge in [0.2, 0.25) is 0 Å². The molecule has 0 saturated heterocycles. The van der Waals surface area contributed by atoms with Gasteiger partial charge in [-0.25, -0.2) is 4.79 Å². The van der Waals surface area contributed by atoms with E-state index in [0.717, 1.165) is 29.8 Å². The molecule has 1 atom stereocenters. The van der Waals surface area contributed by atoms with E-state index in [1.54, 1.807) is 27.2 Å². The van der Waals surface area contributed by atoms with Crippen molar-refractivity contribution in [3.63, 3.8) is 0 Å². The Morgan fingerprint density at radius 2 is 1.96 bits per heavy atom. The van der Waals surface area contributed by atoms with Gasteiger partial charge in [-0.1, -0.05) is 13.0 Å². The van der Waals surface area contributed by atoms with Crippen LogP contribution in [-0.4, -0.2) is 32.6 Å². The summed E-state index contributed by atoms with van der Waals surface area (Å²) in [5.74, 6) is 0.372. The molecule has 0 aromatic heterocycles. The Kier molecular flexibility index (Phi) is 6.07. The molecule has 2 aliphatic rings. The number of dihydropyridines is 1. The van der Waals surface area contributed by atoms with Gasteiger partial charge in [0.1, 0.15) is 11.5 Å². The van der Waals surface area contributed by atoms with Crippen LogP contribution in [0.25, 0.3) is 0 Å². The maximum absolute atomic E-state index is 12.9. The summed E-state index contributed by atoms with van der Waals surface area (Å²) in [7, 11) is 3.16. The predicted molar refractivity (Wildman–Crippen MR) is 105 cm³/mol. The van der Waals surface area contributed by atoms with Crippen molar-refractivity contribution in [2.24, 2.45) is 0 Å². The third-order valence-corrected chi connectivity index (χ3v) is 5.26. The van der Waals surface area contributed by atoms with Crippen molar-refractivity contribution in [1.82, 2.24) is 5.32 Å². The molecule has 1 unspecified atom stereocenters. The molecule has 1 N–H and O–H groups in total. The second kappa shape index (κ2) is 8.50. The lowest BCUT2D eigenvalue weighted by Crippen LogP contribution is -2.35. The predicted octanol–water partition coefficient (Wildman–Crippen LogP) is 3.62. The number of ketones is 1. The molecule has 0 saturated carbocycles. The maximum Gasteiger partial charge on any atom is 0.336 e. The summed E-state index contributed by atoms with van der Waals surface area (Å²) in [6, 6.07) is 5.47. The van der Waals surface area contributed by atoms with Gasteiger partial charge in [0, 0.05) is 35.0 Å². The van der Waals surface area contributed by atoms with Gasteiger partial charge in [-0.2, -0.15) is 0 Å². The van der Waals surface area contributed by atoms with E-state index in [1.807, 2.05) is 19.1 Å². The molecular formula is C22H27NO5. The van der Waals surface area contributed by atoms with E-state index in [9.17, 15) is 9.59 Å². The van der Waals surface area contributed by atoms with E-state index >= 15 is 0 Å². The SMILES string of the molecule is CCOC(=O)C1=C(CC)NC2=C(C(=O)CCC2)C1c1ccc(OC)cc1OC. The Balaban J connectivity index is 2.24. The normalized spacial score (nSPS) is 19.1. The van der Waals surface area contributed by atoms with Gasteiger partial charge >= 0.3 is 5.97 Å². The third-order valence-electron chi connectivity index (χ3n) is 5.26. The van der Waals surface area contributed by atoms with E-state index in [0.29, 0.717) is 35.5 Å². The average molecular weight is 385 g/mol. The van der Waals surface area contributed by atoms with Crippen LogP contribution in [0.1, 0.15) is 51.0 Å². The summed E-state index contributed by atoms with van der Waals surface area (Å²) in [6.07, 6.45) is 2.71. The number of rotatable bonds is 6. The van der Waals surface area contributed by atoms with Crippen LogP contribution in [0.15, 0.2) is 40.7 Å². The number of carbonyl (C=O) groups is 2. The van der Waals surface area contributed by atoms with Gasteiger partial charge in [0.15, 0.2) is 5.78 Å². The van der Waals surface area contributed by atoms with Crippen molar-refractivity contribution in [2.75, 3.05) is 20.8 Å². The molecule has 28 heavy (non-hydrogen) atoms. The monoisotopic (exact) mass is 385 g/mol. The minimum absolute atomic E-state index is 0.0635. The molecule has 1 aromatic carbocycles. The summed E-state index contributed by atoms with van der Waals surface area (Å²) in [5.41, 5.74) is 3.61. The number of hydrogen-bond donors (Lipinski definition) is 1. The van der Waals surface area contributed by atoms with E-state index in [-0.39, 0.29) is 12.4 Å². The van der Waals surface area contributed by atoms with Crippen LogP contribution in [-0.2, 0) is 14.3 Å². The van der Waals surface area contributed by atoms with Crippen molar-refractivity contribution in [2.45, 2.75) is 45.4 Å². The van der Waals surface area contributed by atoms with Gasteiger partial charge < -0.3 is 19.5 Å². The van der Waals surface area contributed by atoms with E-state index in [1.165, 1.54) is 0 Å². The lowest BCUT2D eigenvalue weighted by Gasteiger charge is -2.35. The smallest absolute Gasteiger partial charge is 0.336 e. The number of Topliss-reactive ketones (excluding diaryl/α,β-unsaturated/α-hetero) is 1. The highest BCUT2D eigenvalue weighted by Gasteiger charge is 2.40. The summed E-state index contributed by atoms with van der Waals surface area (Å²) < 4.78 is 16.3. The standard InChI is InChI=1S/C22H27NO5/c1-5-15-21(22(25)28-6-2)19(20-16(23-15)8-7-9-17(20)24)14-11-10-13(26-3)12-18(14)27-4/h10-12,19,23H,5-9H2,1-4H3. The number of carbonyl (C=O) groups excluding carboxylic acids is 2. The van der Waals surface area contributed by atoms with Gasteiger partial charge in [-0.05, 0) is 32.3 Å². The fraction of sp³-hybridized carbons (Fsp3) is 0.455. The first-order valence-electron chi connectivity index (χ1n) is 9.70. The molecule has 150 valence electrons. The average Bonchev–Trinajstić information content (AvgIpc) is 2.72. The Morgan fingerprint density at radius 1 is 1.18 bits per heavy atom. The van der Waals surface area contributed by atoms with Gasteiger partial charge in [-0.3, -0.25) is 4.79 Å². The van der Waals surface area contributed by atoms with Crippen LogP contribution in [0.3, 0.4) is 0 Å². The maximum atomic E-state index is 12.9. The van der Waals surface area contributed by atoms with Gasteiger partial charge in [-0.15, -0.1) is 0 Å². The van der Waals surface area contributed by atoms with Crippen LogP contribution in [0.2, 0.25) is 0 Å². The van der Waals surface area contributed by atoms with E-state index in [4.69, 9.17) is 14.2 Å². The molecule has 0 radical (unpaired) electrons. The van der Waals surface area contributed by atoms with Crippen LogP contribution < -0.4 is 14.8 Å². The molecule has 3 rings (SSSR count). The molecular weight excluding hydrogens is 358 g/mol. The lowest BCUT2D eigenvalue weighted by molar-refractivity contribution is -0.138. The van der Waals surface area contributed by atoms with Gasteiger partial charge in [0.05, 0.1) is 32.3 Å². The molecule has 6 nitrogen and oxygen atoms in total. The molecule has 1 aromatic rings. The fourth-order valence-corrected chi connectivity index (χ4v) is 3.99. The number of nitrogens with one attached hydrogen (secondary N) is 1. The van der Waals surface area contributed by atoms with Crippen LogP contribution in [0, 0.1) is 0 Å². The van der Waals surface area contributed by atoms with E-state index in [2.05, 4.69) is 5.32 Å². The van der Waals surface area contributed by atoms with Crippen LogP contribution in [0.4, 0.5) is 0 Å². The molecule has 0 spiro atoms. The van der Waals surface area contributed by atoms with Crippen molar-refractivity contribution < 1.29 is 23.8 Å². The Bertz CT molecular complexity index is 852. The topological polar surface area (TPSA) is 73.9 Å². The van der Waals surface area contributed by atoms with Crippen molar-refractivity contribution in [3.05, 3.63) is 46.3 Å². The Hall–Kier alpha value is -2.76. The second-order valence-corrected chi connectivity index (χ2v) is 6.80. The quantitative estimate of drug-likeness (QED) is 0.754. The Morgan fingerprint density at radius 3 is 2.61 bits per heavy atom. The zero-order valence-corrected chi connectivity index (χ0v) is 16.9. The van der Waals surface area contributed by atoms with Crippen LogP contribution in [0.5, 0.6) is 11.5 Å². The molecule has 6 heteroatoms. The number of methoxy groups -OCH3 is 2. The number of hydrogen-bond acceptors (Lipinski definition) is 6. The second-order valence-electron chi connectivity index (χ2n) is 6.80. The van der Waals surface area contributed by atoms with Crippen LogP contribution >= 0.6 is 0 Å². The zero-order chi connectivity index (χ0) is 20.3. The molecule has 0 fully saturated rings. The zero-order valence-electron chi connectivity index (χ0n) is 16.9. The number of allylic oxidation sites excluding steroid dienone is 3. The summed E-state index contributed by atoms with van der Waals surface area (Å²) >= 11 is 0. The highest BCUT2D eigenvalue weighted by Crippen LogP contribution is 2.46. The van der Waals surface area contributed by atoms with Crippen molar-refractivity contribution in [1.29, 1.82) is 0 Å². The molecule has 1 heterocycles. The minimum Gasteiger partial charge on any atom is -0.497 e. The largest absolute Gasteiger partial charge is 0.497 e. The van der Waals surface area contributed by atoms with E-state index < -0.39 is 11.9 Å². The lowest BCUT2D eigenvalue weighted by atomic mass is 9.74. The highest BCUT2D eigenvalue weighted by molar-refractivity contribution is 6.04. The first-order valence-corrected chi connectivity index (χ1v) is 9.70. The molecule has 0 amide bonds. The Labute approximate surface area is 165 Å². The number of ether oxygens (including phenoxy) is 3. The highest BCUT2D eigenvalue weighted by atomic mass is 16.5. The first kappa shape index (κ1) is 20.0. The molecule has 0 bridgehead atoms. The first-order chi connectivity index (χ1) is 13.5. The summed E-state index contributed by atoms with van der Waals surface area (Å²) in [4.78, 5) is 25.9. The molecule has 1 aliphatic carbocycles.